The van der Waals surface area contributed by atoms with E-state index in [4.69, 9.17) is 5.11 Å². The fourth-order valence-electron chi connectivity index (χ4n) is 1.65. The lowest BCUT2D eigenvalue weighted by Gasteiger charge is -2.07. The summed E-state index contributed by atoms with van der Waals surface area (Å²) in [5.74, 6) is -2.32. The Bertz CT molecular complexity index is 706. The summed E-state index contributed by atoms with van der Waals surface area (Å²) in [6.07, 6.45) is 1.34. The molecule has 2 rings (SSSR count). The molecule has 21 heavy (non-hydrogen) atoms. The number of carbonyl (C=O) groups excluding carboxylic acids is 1. The van der Waals surface area contributed by atoms with Crippen molar-refractivity contribution in [2.45, 2.75) is 6.54 Å². The summed E-state index contributed by atoms with van der Waals surface area (Å²) in [5.41, 5.74) is 0.348. The second kappa shape index (κ2) is 6.45. The normalized spacial score (nSPS) is 10.2. The molecular weight excluding hydrogens is 343 g/mol. The van der Waals surface area contributed by atoms with Crippen LogP contribution in [0, 0.1) is 5.82 Å². The van der Waals surface area contributed by atoms with E-state index >= 15 is 0 Å². The van der Waals surface area contributed by atoms with Gasteiger partial charge in [-0.25, -0.2) is 9.18 Å². The lowest BCUT2D eigenvalue weighted by atomic mass is 10.2. The molecule has 0 spiro atoms. The third kappa shape index (κ3) is 3.85. The lowest BCUT2D eigenvalue weighted by molar-refractivity contribution is 0.0696. The van der Waals surface area contributed by atoms with Crippen molar-refractivity contribution in [1.82, 2.24) is 10.3 Å². The highest BCUT2D eigenvalue weighted by Gasteiger charge is 2.12. The van der Waals surface area contributed by atoms with Gasteiger partial charge in [0.15, 0.2) is 0 Å². The van der Waals surface area contributed by atoms with E-state index in [0.29, 0.717) is 10.2 Å². The van der Waals surface area contributed by atoms with E-state index in [1.807, 2.05) is 0 Å². The molecule has 1 aromatic carbocycles. The van der Waals surface area contributed by atoms with Gasteiger partial charge in [0.1, 0.15) is 5.82 Å². The number of nitrogens with one attached hydrogen (secondary N) is 1. The van der Waals surface area contributed by atoms with Crippen LogP contribution >= 0.6 is 15.9 Å². The predicted molar refractivity (Wildman–Crippen MR) is 76.5 cm³/mol. The molecule has 1 amide bonds. The number of aromatic nitrogens is 1. The van der Waals surface area contributed by atoms with Crippen LogP contribution in [0.15, 0.2) is 41.0 Å². The first-order valence-electron chi connectivity index (χ1n) is 5.89. The smallest absolute Gasteiger partial charge is 0.335 e. The van der Waals surface area contributed by atoms with Gasteiger partial charge in [-0.3, -0.25) is 9.78 Å². The Labute approximate surface area is 128 Å². The van der Waals surface area contributed by atoms with E-state index < -0.39 is 17.7 Å². The third-order valence-corrected chi connectivity index (χ3v) is 3.16. The van der Waals surface area contributed by atoms with E-state index in [9.17, 15) is 14.0 Å². The van der Waals surface area contributed by atoms with E-state index in [-0.39, 0.29) is 17.7 Å². The Balaban J connectivity index is 2.09. The standard InChI is InChI=1S/C14H10BrFN2O3/c15-9-1-2-12(16)11(6-9)13(19)18-7-10-5-8(14(20)21)3-4-17-10/h1-6H,7H2,(H,18,19)(H,20,21). The van der Waals surface area contributed by atoms with Crippen molar-refractivity contribution in [1.29, 1.82) is 0 Å². The van der Waals surface area contributed by atoms with Gasteiger partial charge in [0.05, 0.1) is 23.4 Å². The van der Waals surface area contributed by atoms with Crippen molar-refractivity contribution >= 4 is 27.8 Å². The van der Waals surface area contributed by atoms with Gasteiger partial charge in [0, 0.05) is 10.7 Å². The summed E-state index contributed by atoms with van der Waals surface area (Å²) in [5, 5.41) is 11.4. The zero-order chi connectivity index (χ0) is 15.4. The Hall–Kier alpha value is -2.28. The Morgan fingerprint density at radius 2 is 2.05 bits per heavy atom. The SMILES string of the molecule is O=C(O)c1ccnc(CNC(=O)c2cc(Br)ccc2F)c1. The lowest BCUT2D eigenvalue weighted by Crippen LogP contribution is -2.24. The van der Waals surface area contributed by atoms with Gasteiger partial charge in [-0.05, 0) is 30.3 Å². The molecule has 0 aliphatic rings. The van der Waals surface area contributed by atoms with Gasteiger partial charge >= 0.3 is 5.97 Å². The molecular formula is C14H10BrFN2O3. The summed E-state index contributed by atoms with van der Waals surface area (Å²) in [6, 6.07) is 6.74. The molecule has 7 heteroatoms. The summed E-state index contributed by atoms with van der Waals surface area (Å²) in [6.45, 7) is 0.00586. The highest BCUT2D eigenvalue weighted by atomic mass is 79.9. The van der Waals surface area contributed by atoms with Crippen molar-refractivity contribution in [2.24, 2.45) is 0 Å². The molecule has 0 saturated carbocycles. The zero-order valence-electron chi connectivity index (χ0n) is 10.6. The molecule has 108 valence electrons. The van der Waals surface area contributed by atoms with Gasteiger partial charge in [-0.15, -0.1) is 0 Å². The Morgan fingerprint density at radius 3 is 2.76 bits per heavy atom. The number of pyridine rings is 1. The number of carboxylic acid groups (broad SMARTS) is 1. The van der Waals surface area contributed by atoms with Crippen LogP contribution in [-0.4, -0.2) is 22.0 Å². The first-order valence-corrected chi connectivity index (χ1v) is 6.68. The monoisotopic (exact) mass is 352 g/mol. The molecule has 5 nitrogen and oxygen atoms in total. The molecule has 0 atom stereocenters. The van der Waals surface area contributed by atoms with Crippen LogP contribution in [0.1, 0.15) is 26.4 Å². The number of benzene rings is 1. The molecule has 1 aromatic heterocycles. The predicted octanol–water partition coefficient (Wildman–Crippen LogP) is 2.61. The molecule has 2 aromatic rings. The average molecular weight is 353 g/mol. The van der Waals surface area contributed by atoms with Gasteiger partial charge in [0.2, 0.25) is 0 Å². The first-order chi connectivity index (χ1) is 9.97. The number of nitrogens with zero attached hydrogens (tertiary/aromatic N) is 1. The molecule has 0 unspecified atom stereocenters. The number of aromatic carboxylic acids is 1. The van der Waals surface area contributed by atoms with E-state index in [2.05, 4.69) is 26.2 Å². The fraction of sp³-hybridized carbons (Fsp3) is 0.0714. The Kier molecular flexibility index (Phi) is 4.64. The number of carbonyl (C=O) groups is 2. The highest BCUT2D eigenvalue weighted by molar-refractivity contribution is 9.10. The largest absolute Gasteiger partial charge is 0.478 e. The second-order valence-corrected chi connectivity index (χ2v) is 5.06. The van der Waals surface area contributed by atoms with E-state index in [1.54, 1.807) is 0 Å². The Morgan fingerprint density at radius 1 is 1.29 bits per heavy atom. The maximum atomic E-state index is 13.5. The quantitative estimate of drug-likeness (QED) is 0.886. The van der Waals surface area contributed by atoms with Crippen LogP contribution in [0.5, 0.6) is 0 Å². The minimum atomic E-state index is -1.08. The minimum absolute atomic E-state index is 0.00586. The van der Waals surface area contributed by atoms with Crippen LogP contribution in [0.2, 0.25) is 0 Å². The zero-order valence-corrected chi connectivity index (χ0v) is 12.2. The molecule has 0 aliphatic carbocycles. The van der Waals surface area contributed by atoms with Crippen molar-refractivity contribution in [3.8, 4) is 0 Å². The molecule has 0 aliphatic heterocycles. The van der Waals surface area contributed by atoms with Gasteiger partial charge < -0.3 is 10.4 Å². The third-order valence-electron chi connectivity index (χ3n) is 2.67. The van der Waals surface area contributed by atoms with Crippen molar-refractivity contribution < 1.29 is 19.1 Å². The molecule has 0 radical (unpaired) electrons. The highest BCUT2D eigenvalue weighted by Crippen LogP contribution is 2.15. The molecule has 1 heterocycles. The number of amides is 1. The molecule has 0 saturated heterocycles. The van der Waals surface area contributed by atoms with Crippen LogP contribution in [0.4, 0.5) is 4.39 Å². The topological polar surface area (TPSA) is 79.3 Å². The number of hydrogen-bond donors (Lipinski definition) is 2. The van der Waals surface area contributed by atoms with Crippen molar-refractivity contribution in [2.75, 3.05) is 0 Å². The number of halogens is 2. The summed E-state index contributed by atoms with van der Waals surface area (Å²) < 4.78 is 14.1. The van der Waals surface area contributed by atoms with Crippen LogP contribution in [0.3, 0.4) is 0 Å². The summed E-state index contributed by atoms with van der Waals surface area (Å²) in [7, 11) is 0. The molecule has 2 N–H and O–H groups in total. The fourth-order valence-corrected chi connectivity index (χ4v) is 2.01. The summed E-state index contributed by atoms with van der Waals surface area (Å²) in [4.78, 5) is 26.7. The maximum absolute atomic E-state index is 13.5. The number of carboxylic acids is 1. The van der Waals surface area contributed by atoms with Gasteiger partial charge in [-0.1, -0.05) is 15.9 Å². The summed E-state index contributed by atoms with van der Waals surface area (Å²) >= 11 is 3.16. The van der Waals surface area contributed by atoms with Crippen LogP contribution in [-0.2, 0) is 6.54 Å². The number of rotatable bonds is 4. The van der Waals surface area contributed by atoms with Crippen LogP contribution < -0.4 is 5.32 Å². The minimum Gasteiger partial charge on any atom is -0.478 e. The van der Waals surface area contributed by atoms with Crippen molar-refractivity contribution in [3.05, 3.63) is 63.6 Å². The van der Waals surface area contributed by atoms with Crippen molar-refractivity contribution in [3.63, 3.8) is 0 Å². The average Bonchev–Trinajstić information content (AvgIpc) is 2.47. The van der Waals surface area contributed by atoms with E-state index in [0.717, 1.165) is 0 Å². The second-order valence-electron chi connectivity index (χ2n) is 4.15. The molecule has 0 bridgehead atoms. The molecule has 0 fully saturated rings. The van der Waals surface area contributed by atoms with Gasteiger partial charge in [0.25, 0.3) is 5.91 Å². The van der Waals surface area contributed by atoms with E-state index in [1.165, 1.54) is 36.5 Å². The first kappa shape index (κ1) is 15.1. The van der Waals surface area contributed by atoms with Crippen LogP contribution in [0.25, 0.3) is 0 Å². The maximum Gasteiger partial charge on any atom is 0.335 e. The van der Waals surface area contributed by atoms with Gasteiger partial charge in [-0.2, -0.15) is 0 Å². The number of hydrogen-bond acceptors (Lipinski definition) is 3.